The van der Waals surface area contributed by atoms with Crippen molar-refractivity contribution in [3.63, 3.8) is 0 Å². The van der Waals surface area contributed by atoms with Crippen LogP contribution in [-0.4, -0.2) is 4.57 Å². The van der Waals surface area contributed by atoms with Crippen LogP contribution < -0.4 is 5.73 Å². The predicted octanol–water partition coefficient (Wildman–Crippen LogP) is 1.67. The van der Waals surface area contributed by atoms with Gasteiger partial charge in [-0.1, -0.05) is 0 Å². The van der Waals surface area contributed by atoms with Gasteiger partial charge in [0.05, 0.1) is 0 Å². The fourth-order valence-electron chi connectivity index (χ4n) is 0.769. The molecular weight excluding hydrogens is 215 g/mol. The second-order valence-corrected chi connectivity index (χ2v) is 2.88. The topological polar surface area (TPSA) is 30.9 Å². The van der Waals surface area contributed by atoms with Crippen LogP contribution in [-0.2, 0) is 13.6 Å². The molecule has 0 bridgehead atoms. The third kappa shape index (κ3) is 2.01. The van der Waals surface area contributed by atoms with E-state index in [4.69, 9.17) is 5.73 Å². The minimum Gasteiger partial charge on any atom is -0.352 e. The van der Waals surface area contributed by atoms with Crippen LogP contribution in [0.4, 0.5) is 0 Å². The van der Waals surface area contributed by atoms with E-state index in [1.54, 1.807) is 0 Å². The molecule has 0 spiro atoms. The molecule has 1 heterocycles. The van der Waals surface area contributed by atoms with Gasteiger partial charge in [-0.25, -0.2) is 0 Å². The number of hydrogen-bond acceptors (Lipinski definition) is 1. The monoisotopic (exact) mass is 224 g/mol. The molecule has 0 aliphatic carbocycles. The van der Waals surface area contributed by atoms with Gasteiger partial charge in [0.1, 0.15) is 0 Å². The number of hydrogen-bond donors (Lipinski definition) is 1. The number of rotatable bonds is 1. The van der Waals surface area contributed by atoms with Gasteiger partial charge in [0, 0.05) is 30.0 Å². The van der Waals surface area contributed by atoms with E-state index < -0.39 is 0 Å². The highest BCUT2D eigenvalue weighted by molar-refractivity contribution is 9.10. The molecule has 0 amide bonds. The Morgan fingerprint density at radius 3 is 2.50 bits per heavy atom. The van der Waals surface area contributed by atoms with Crippen molar-refractivity contribution in [2.45, 2.75) is 6.54 Å². The lowest BCUT2D eigenvalue weighted by molar-refractivity contribution is 0.824. The van der Waals surface area contributed by atoms with E-state index in [0.29, 0.717) is 6.54 Å². The van der Waals surface area contributed by atoms with Crippen molar-refractivity contribution in [3.05, 3.63) is 22.4 Å². The van der Waals surface area contributed by atoms with Gasteiger partial charge in [0.2, 0.25) is 0 Å². The van der Waals surface area contributed by atoms with Gasteiger partial charge in [-0.3, -0.25) is 0 Å². The first-order valence-electron chi connectivity index (χ1n) is 2.75. The highest BCUT2D eigenvalue weighted by atomic mass is 79.9. The molecule has 4 heteroatoms. The van der Waals surface area contributed by atoms with Gasteiger partial charge in [-0.15, -0.1) is 12.4 Å². The molecule has 1 aromatic heterocycles. The van der Waals surface area contributed by atoms with Crippen molar-refractivity contribution in [2.24, 2.45) is 12.8 Å². The van der Waals surface area contributed by atoms with E-state index >= 15 is 0 Å². The Morgan fingerprint density at radius 2 is 2.30 bits per heavy atom. The standard InChI is InChI=1S/C6H9BrN2.ClH/c1-9-4-5(7)2-6(9)3-8;/h2,4H,3,8H2,1H3;1H. The van der Waals surface area contributed by atoms with E-state index in [1.165, 1.54) is 0 Å². The molecule has 10 heavy (non-hydrogen) atoms. The highest BCUT2D eigenvalue weighted by Crippen LogP contribution is 2.12. The van der Waals surface area contributed by atoms with E-state index in [-0.39, 0.29) is 12.4 Å². The summed E-state index contributed by atoms with van der Waals surface area (Å²) in [5.74, 6) is 0. The van der Waals surface area contributed by atoms with E-state index in [1.807, 2.05) is 23.9 Å². The van der Waals surface area contributed by atoms with E-state index in [0.717, 1.165) is 10.2 Å². The molecule has 0 fully saturated rings. The van der Waals surface area contributed by atoms with Gasteiger partial charge in [-0.2, -0.15) is 0 Å². The summed E-state index contributed by atoms with van der Waals surface area (Å²) in [6, 6.07) is 2.01. The van der Waals surface area contributed by atoms with Crippen LogP contribution in [0.25, 0.3) is 0 Å². The predicted molar refractivity (Wildman–Crippen MR) is 48.3 cm³/mol. The summed E-state index contributed by atoms with van der Waals surface area (Å²) in [4.78, 5) is 0. The molecule has 58 valence electrons. The van der Waals surface area contributed by atoms with Crippen LogP contribution in [0, 0.1) is 0 Å². The summed E-state index contributed by atoms with van der Waals surface area (Å²) in [5.41, 5.74) is 6.56. The fraction of sp³-hybridized carbons (Fsp3) is 0.333. The van der Waals surface area contributed by atoms with Crippen LogP contribution in [0.15, 0.2) is 16.7 Å². The zero-order chi connectivity index (χ0) is 6.85. The van der Waals surface area contributed by atoms with Crippen LogP contribution in [0.2, 0.25) is 0 Å². The highest BCUT2D eigenvalue weighted by Gasteiger charge is 1.95. The average Bonchev–Trinajstić information content (AvgIpc) is 2.10. The van der Waals surface area contributed by atoms with Crippen molar-refractivity contribution in [2.75, 3.05) is 0 Å². The zero-order valence-electron chi connectivity index (χ0n) is 5.67. The second-order valence-electron chi connectivity index (χ2n) is 1.96. The molecule has 1 rings (SSSR count). The fourth-order valence-corrected chi connectivity index (χ4v) is 1.34. The van der Waals surface area contributed by atoms with Gasteiger partial charge in [-0.05, 0) is 22.0 Å². The Bertz CT molecular complexity index is 210. The first-order chi connectivity index (χ1) is 4.24. The van der Waals surface area contributed by atoms with E-state index in [2.05, 4.69) is 15.9 Å². The SMILES string of the molecule is Cl.Cn1cc(Br)cc1CN. The van der Waals surface area contributed by atoms with Gasteiger partial charge in [0.15, 0.2) is 0 Å². The molecule has 0 saturated heterocycles. The maximum atomic E-state index is 5.42. The van der Waals surface area contributed by atoms with Crippen LogP contribution in [0.1, 0.15) is 5.69 Å². The number of aromatic nitrogens is 1. The average molecular weight is 226 g/mol. The molecule has 0 aliphatic rings. The van der Waals surface area contributed by atoms with Crippen molar-refractivity contribution < 1.29 is 0 Å². The van der Waals surface area contributed by atoms with Gasteiger partial charge < -0.3 is 10.3 Å². The minimum atomic E-state index is 0. The summed E-state index contributed by atoms with van der Waals surface area (Å²) >= 11 is 3.35. The molecule has 2 N–H and O–H groups in total. The number of halogens is 2. The van der Waals surface area contributed by atoms with Crippen LogP contribution >= 0.6 is 28.3 Å². The van der Waals surface area contributed by atoms with Crippen LogP contribution in [0.5, 0.6) is 0 Å². The normalized spacial score (nSPS) is 9.10. The Balaban J connectivity index is 0.000000810. The quantitative estimate of drug-likeness (QED) is 0.774. The number of nitrogens with two attached hydrogens (primary N) is 1. The van der Waals surface area contributed by atoms with Crippen molar-refractivity contribution in [1.29, 1.82) is 0 Å². The van der Waals surface area contributed by atoms with E-state index in [9.17, 15) is 0 Å². The molecule has 2 nitrogen and oxygen atoms in total. The maximum Gasteiger partial charge on any atom is 0.0355 e. The molecule has 0 aromatic carbocycles. The Kier molecular flexibility index (Phi) is 4.01. The summed E-state index contributed by atoms with van der Waals surface area (Å²) in [6.45, 7) is 0.599. The molecule has 0 atom stereocenters. The summed E-state index contributed by atoms with van der Waals surface area (Å²) < 4.78 is 3.09. The lowest BCUT2D eigenvalue weighted by Gasteiger charge is -1.95. The summed E-state index contributed by atoms with van der Waals surface area (Å²) in [5, 5.41) is 0. The van der Waals surface area contributed by atoms with Crippen molar-refractivity contribution in [3.8, 4) is 0 Å². The Morgan fingerprint density at radius 1 is 1.70 bits per heavy atom. The minimum absolute atomic E-state index is 0. The van der Waals surface area contributed by atoms with Gasteiger partial charge in [0.25, 0.3) is 0 Å². The van der Waals surface area contributed by atoms with Gasteiger partial charge >= 0.3 is 0 Å². The first-order valence-corrected chi connectivity index (χ1v) is 3.54. The molecule has 0 unspecified atom stereocenters. The zero-order valence-corrected chi connectivity index (χ0v) is 8.08. The number of nitrogens with zero attached hydrogens (tertiary/aromatic N) is 1. The smallest absolute Gasteiger partial charge is 0.0355 e. The first kappa shape index (κ1) is 10.0. The molecule has 0 radical (unpaired) electrons. The van der Waals surface area contributed by atoms with Crippen LogP contribution in [0.3, 0.4) is 0 Å². The molecule has 0 saturated carbocycles. The largest absolute Gasteiger partial charge is 0.352 e. The molecule has 0 aliphatic heterocycles. The second kappa shape index (κ2) is 4.01. The molecular formula is C6H10BrClN2. The maximum absolute atomic E-state index is 5.42. The third-order valence-corrected chi connectivity index (χ3v) is 1.72. The third-order valence-electron chi connectivity index (χ3n) is 1.28. The number of aryl methyl sites for hydroxylation is 1. The van der Waals surface area contributed by atoms with Crippen molar-refractivity contribution >= 4 is 28.3 Å². The summed E-state index contributed by atoms with van der Waals surface area (Å²) in [7, 11) is 1.98. The Hall–Kier alpha value is 0.01000. The lowest BCUT2D eigenvalue weighted by atomic mass is 10.4. The Labute approximate surface area is 74.9 Å². The summed E-state index contributed by atoms with van der Waals surface area (Å²) in [6.07, 6.45) is 1.99. The lowest BCUT2D eigenvalue weighted by Crippen LogP contribution is -2.01. The molecule has 1 aromatic rings. The van der Waals surface area contributed by atoms with Crippen molar-refractivity contribution in [1.82, 2.24) is 4.57 Å².